The molecule has 78 valence electrons. The molecule has 0 unspecified atom stereocenters. The van der Waals surface area contributed by atoms with Gasteiger partial charge in [-0.05, 0) is 0 Å². The monoisotopic (exact) mass is 211 g/mol. The lowest BCUT2D eigenvalue weighted by molar-refractivity contribution is 0.247. The van der Waals surface area contributed by atoms with Crippen molar-refractivity contribution in [3.63, 3.8) is 0 Å². The highest BCUT2D eigenvalue weighted by atomic mass is 32.3. The molecule has 6 nitrogen and oxygen atoms in total. The van der Waals surface area contributed by atoms with Crippen LogP contribution in [0.4, 0.5) is 0 Å². The molecule has 0 aromatic heterocycles. The van der Waals surface area contributed by atoms with Gasteiger partial charge >= 0.3 is 10.4 Å². The lowest BCUT2D eigenvalue weighted by Crippen LogP contribution is -2.09. The first-order valence-corrected chi connectivity index (χ1v) is 4.47. The van der Waals surface area contributed by atoms with Crippen molar-refractivity contribution >= 4 is 10.4 Å². The second kappa shape index (κ2) is 9.36. The predicted molar refractivity (Wildman–Crippen MR) is 47.2 cm³/mol. The highest BCUT2D eigenvalue weighted by molar-refractivity contribution is 7.81. The molecule has 0 atom stereocenters. The molecule has 3 N–H and O–H groups in total. The van der Waals surface area contributed by atoms with Crippen LogP contribution in [0.25, 0.3) is 0 Å². The Hall–Kier alpha value is -0.730. The molecule has 0 aliphatic carbocycles. The van der Waals surface area contributed by atoms with Gasteiger partial charge in [-0.2, -0.15) is 8.42 Å². The van der Waals surface area contributed by atoms with Crippen LogP contribution in [0.2, 0.25) is 0 Å². The highest BCUT2D eigenvalue weighted by Gasteiger charge is 2.08. The molecular weight excluding hydrogens is 198 g/mol. The average Bonchev–Trinajstić information content (AvgIpc) is 2.15. The Morgan fingerprint density at radius 2 is 1.46 bits per heavy atom. The zero-order chi connectivity index (χ0) is 10.7. The minimum Gasteiger partial charge on any atom is -0.320 e. The predicted octanol–water partition coefficient (Wildman–Crippen LogP) is -0.0293. The van der Waals surface area contributed by atoms with E-state index in [4.69, 9.17) is 5.21 Å². The van der Waals surface area contributed by atoms with E-state index in [0.717, 1.165) is 0 Å². The van der Waals surface area contributed by atoms with Crippen LogP contribution in [0, 0.1) is 0 Å². The molecule has 0 saturated heterocycles. The third kappa shape index (κ3) is 11.3. The van der Waals surface area contributed by atoms with E-state index in [1.165, 1.54) is 12.2 Å². The third-order valence-electron chi connectivity index (χ3n) is 0.660. The van der Waals surface area contributed by atoms with Crippen molar-refractivity contribution in [1.29, 1.82) is 0 Å². The summed E-state index contributed by atoms with van der Waals surface area (Å²) in [5, 5.41) is 6.50. The topological polar surface area (TPSA) is 98.9 Å². The van der Waals surface area contributed by atoms with Gasteiger partial charge in [0.15, 0.2) is 0 Å². The van der Waals surface area contributed by atoms with Gasteiger partial charge in [0.05, 0.1) is 13.2 Å². The summed E-state index contributed by atoms with van der Waals surface area (Å²) in [6, 6.07) is 0. The molecule has 0 aliphatic heterocycles. The van der Waals surface area contributed by atoms with Gasteiger partial charge in [0, 0.05) is 0 Å². The van der Waals surface area contributed by atoms with Crippen molar-refractivity contribution < 1.29 is 22.0 Å². The molecule has 7 heteroatoms. The quantitative estimate of drug-likeness (QED) is 0.473. The standard InChI is InChI=1S/C6H10O4S.H3NO/c1-3-5-9-11(7,8)10-6-4-2;1-2/h3-4H,1-2,5-6H2;2H,1H2. The van der Waals surface area contributed by atoms with Gasteiger partial charge in [-0.25, -0.2) is 14.3 Å². The molecular formula is C6H13NO5S. The molecule has 0 aliphatic rings. The van der Waals surface area contributed by atoms with Crippen molar-refractivity contribution in [2.75, 3.05) is 13.2 Å². The fourth-order valence-electron chi connectivity index (χ4n) is 0.297. The van der Waals surface area contributed by atoms with E-state index < -0.39 is 10.4 Å². The second-order valence-corrected chi connectivity index (χ2v) is 2.84. The summed E-state index contributed by atoms with van der Waals surface area (Å²) in [5.74, 6) is 3.50. The molecule has 0 fully saturated rings. The molecule has 0 bridgehead atoms. The molecule has 0 spiro atoms. The lowest BCUT2D eigenvalue weighted by Gasteiger charge is -2.00. The van der Waals surface area contributed by atoms with Crippen LogP contribution < -0.4 is 5.90 Å². The first kappa shape index (κ1) is 14.8. The maximum Gasteiger partial charge on any atom is 0.400 e. The fraction of sp³-hybridized carbons (Fsp3) is 0.333. The van der Waals surface area contributed by atoms with Gasteiger partial charge in [-0.1, -0.05) is 12.2 Å². The molecule has 0 saturated carbocycles. The Bertz CT molecular complexity index is 205. The third-order valence-corrected chi connectivity index (χ3v) is 1.51. The van der Waals surface area contributed by atoms with Crippen LogP contribution in [0.5, 0.6) is 0 Å². The summed E-state index contributed by atoms with van der Waals surface area (Å²) >= 11 is 0. The summed E-state index contributed by atoms with van der Waals surface area (Å²) in [5.41, 5.74) is 0. The highest BCUT2D eigenvalue weighted by Crippen LogP contribution is 1.94. The zero-order valence-corrected chi connectivity index (χ0v) is 7.87. The zero-order valence-electron chi connectivity index (χ0n) is 7.05. The lowest BCUT2D eigenvalue weighted by atomic mass is 10.7. The van der Waals surface area contributed by atoms with Crippen LogP contribution in [-0.4, -0.2) is 26.8 Å². The van der Waals surface area contributed by atoms with Crippen molar-refractivity contribution in [3.8, 4) is 0 Å². The maximum atomic E-state index is 10.6. The molecule has 0 heterocycles. The maximum absolute atomic E-state index is 10.6. The largest absolute Gasteiger partial charge is 0.400 e. The van der Waals surface area contributed by atoms with Gasteiger partial charge in [0.1, 0.15) is 0 Å². The Morgan fingerprint density at radius 3 is 1.69 bits per heavy atom. The molecule has 0 aromatic carbocycles. The van der Waals surface area contributed by atoms with E-state index in [1.54, 1.807) is 0 Å². The van der Waals surface area contributed by atoms with E-state index in [9.17, 15) is 8.42 Å². The number of nitrogens with two attached hydrogens (primary N) is 1. The first-order chi connectivity index (χ1) is 6.12. The van der Waals surface area contributed by atoms with Crippen LogP contribution in [0.3, 0.4) is 0 Å². The van der Waals surface area contributed by atoms with E-state index in [0.29, 0.717) is 0 Å². The van der Waals surface area contributed by atoms with Crippen LogP contribution in [-0.2, 0) is 18.8 Å². The SMILES string of the molecule is C=CCOS(=O)(=O)OCC=C.NO. The van der Waals surface area contributed by atoms with Crippen LogP contribution in [0.1, 0.15) is 0 Å². The van der Waals surface area contributed by atoms with Crippen molar-refractivity contribution in [1.82, 2.24) is 0 Å². The van der Waals surface area contributed by atoms with Gasteiger partial charge in [0.25, 0.3) is 0 Å². The summed E-state index contributed by atoms with van der Waals surface area (Å²) < 4.78 is 29.7. The van der Waals surface area contributed by atoms with Crippen LogP contribution >= 0.6 is 0 Å². The molecule has 0 radical (unpaired) electrons. The molecule has 0 rings (SSSR count). The second-order valence-electron chi connectivity index (χ2n) is 1.55. The fourth-order valence-corrected chi connectivity index (χ4v) is 0.891. The molecule has 13 heavy (non-hydrogen) atoms. The van der Waals surface area contributed by atoms with Crippen molar-refractivity contribution in [3.05, 3.63) is 25.3 Å². The minimum atomic E-state index is -3.85. The number of hydrogen-bond donors (Lipinski definition) is 2. The van der Waals surface area contributed by atoms with Gasteiger partial charge in [0.2, 0.25) is 0 Å². The first-order valence-electron chi connectivity index (χ1n) is 3.14. The number of rotatable bonds is 6. The summed E-state index contributed by atoms with van der Waals surface area (Å²) in [7, 11) is -3.85. The summed E-state index contributed by atoms with van der Waals surface area (Å²) in [4.78, 5) is 0. The van der Waals surface area contributed by atoms with Crippen LogP contribution in [0.15, 0.2) is 25.3 Å². The Labute approximate surface area is 77.5 Å². The van der Waals surface area contributed by atoms with Crippen molar-refractivity contribution in [2.24, 2.45) is 5.90 Å². The normalized spacial score (nSPS) is 9.69. The van der Waals surface area contributed by atoms with Gasteiger partial charge in [-0.3, -0.25) is 0 Å². The average molecular weight is 211 g/mol. The van der Waals surface area contributed by atoms with Gasteiger partial charge < -0.3 is 5.21 Å². The van der Waals surface area contributed by atoms with E-state index >= 15 is 0 Å². The summed E-state index contributed by atoms with van der Waals surface area (Å²) in [6.07, 6.45) is 2.63. The molecule has 0 amide bonds. The Balaban J connectivity index is 0. The smallest absolute Gasteiger partial charge is 0.320 e. The van der Waals surface area contributed by atoms with E-state index in [1.807, 2.05) is 0 Å². The van der Waals surface area contributed by atoms with Gasteiger partial charge in [-0.15, -0.1) is 13.2 Å². The van der Waals surface area contributed by atoms with E-state index in [2.05, 4.69) is 27.4 Å². The Kier molecular flexibility index (Phi) is 10.6. The Morgan fingerprint density at radius 1 is 1.15 bits per heavy atom. The molecule has 0 aromatic rings. The number of hydrogen-bond acceptors (Lipinski definition) is 6. The minimum absolute atomic E-state index is 0.0839. The summed E-state index contributed by atoms with van der Waals surface area (Å²) in [6.45, 7) is 6.39. The van der Waals surface area contributed by atoms with Crippen molar-refractivity contribution in [2.45, 2.75) is 0 Å². The van der Waals surface area contributed by atoms with E-state index in [-0.39, 0.29) is 13.2 Å².